The summed E-state index contributed by atoms with van der Waals surface area (Å²) in [5, 5.41) is 0. The van der Waals surface area contributed by atoms with Crippen molar-refractivity contribution in [1.29, 1.82) is 0 Å². The van der Waals surface area contributed by atoms with Gasteiger partial charge < -0.3 is 9.47 Å². The molecule has 0 aliphatic carbocycles. The molecule has 0 N–H and O–H groups in total. The molecule has 1 aromatic rings. The Labute approximate surface area is 113 Å². The molecule has 0 amide bonds. The molecule has 0 spiro atoms. The van der Waals surface area contributed by atoms with E-state index in [-0.39, 0.29) is 6.42 Å². The second-order valence-corrected chi connectivity index (χ2v) is 4.46. The summed E-state index contributed by atoms with van der Waals surface area (Å²) in [5.74, 6) is -1.26. The molecule has 0 heterocycles. The third-order valence-electron chi connectivity index (χ3n) is 3.02. The molecule has 0 saturated heterocycles. The van der Waals surface area contributed by atoms with Crippen molar-refractivity contribution in [2.75, 3.05) is 14.2 Å². The lowest BCUT2D eigenvalue weighted by atomic mass is 9.82. The largest absolute Gasteiger partial charge is 0.468 e. The Bertz CT molecular complexity index is 460. The van der Waals surface area contributed by atoms with Gasteiger partial charge in [0.05, 0.1) is 14.2 Å². The van der Waals surface area contributed by atoms with E-state index < -0.39 is 17.4 Å². The van der Waals surface area contributed by atoms with Crippen LogP contribution in [0.2, 0.25) is 0 Å². The van der Waals surface area contributed by atoms with E-state index in [1.165, 1.54) is 21.1 Å². The normalized spacial score (nSPS) is 10.7. The summed E-state index contributed by atoms with van der Waals surface area (Å²) in [4.78, 5) is 23.7. The van der Waals surface area contributed by atoms with Crippen molar-refractivity contribution in [1.82, 2.24) is 0 Å². The van der Waals surface area contributed by atoms with Gasteiger partial charge in [0.25, 0.3) is 0 Å². The van der Waals surface area contributed by atoms with Crippen LogP contribution in [0.1, 0.15) is 18.9 Å². The third kappa shape index (κ3) is 3.22. The first-order valence-electron chi connectivity index (χ1n) is 5.85. The first-order valence-corrected chi connectivity index (χ1v) is 5.85. The summed E-state index contributed by atoms with van der Waals surface area (Å²) in [5.41, 5.74) is 0.177. The van der Waals surface area contributed by atoms with Crippen molar-refractivity contribution in [2.45, 2.75) is 13.3 Å². The van der Waals surface area contributed by atoms with Crippen LogP contribution in [0.25, 0.3) is 5.57 Å². The zero-order chi connectivity index (χ0) is 14.5. The number of carbonyl (C=O) groups is 2. The van der Waals surface area contributed by atoms with Crippen LogP contribution in [0.4, 0.5) is 0 Å². The Morgan fingerprint density at radius 1 is 1.11 bits per heavy atom. The Morgan fingerprint density at radius 3 is 2.00 bits per heavy atom. The summed E-state index contributed by atoms with van der Waals surface area (Å²) < 4.78 is 9.39. The average molecular weight is 262 g/mol. The number of methoxy groups -OCH3 is 2. The van der Waals surface area contributed by atoms with Crippen LogP contribution in [-0.2, 0) is 19.1 Å². The van der Waals surface area contributed by atoms with Gasteiger partial charge in [-0.25, -0.2) is 0 Å². The van der Waals surface area contributed by atoms with E-state index in [0.29, 0.717) is 5.57 Å². The summed E-state index contributed by atoms with van der Waals surface area (Å²) in [7, 11) is 2.49. The topological polar surface area (TPSA) is 52.6 Å². The van der Waals surface area contributed by atoms with E-state index >= 15 is 0 Å². The molecule has 0 fully saturated rings. The molecule has 0 unspecified atom stereocenters. The standard InChI is InChI=1S/C15H18O4/c1-11(12-8-6-5-7-9-12)10-15(2,13(16)18-3)14(17)19-4/h5-9H,1,10H2,2-4H3. The fraction of sp³-hybridized carbons (Fsp3) is 0.333. The molecule has 0 aliphatic heterocycles. The Balaban J connectivity index is 3.00. The van der Waals surface area contributed by atoms with Gasteiger partial charge in [0.15, 0.2) is 5.41 Å². The van der Waals surface area contributed by atoms with Gasteiger partial charge in [0, 0.05) is 0 Å². The Kier molecular flexibility index (Phi) is 4.87. The number of benzene rings is 1. The average Bonchev–Trinajstić information content (AvgIpc) is 2.45. The van der Waals surface area contributed by atoms with Crippen molar-refractivity contribution in [3.8, 4) is 0 Å². The van der Waals surface area contributed by atoms with E-state index in [1.54, 1.807) is 0 Å². The summed E-state index contributed by atoms with van der Waals surface area (Å²) in [6.07, 6.45) is 0.149. The van der Waals surface area contributed by atoms with Gasteiger partial charge in [0.1, 0.15) is 0 Å². The second-order valence-electron chi connectivity index (χ2n) is 4.46. The Morgan fingerprint density at radius 2 is 1.58 bits per heavy atom. The highest BCUT2D eigenvalue weighted by molar-refractivity contribution is 6.01. The lowest BCUT2D eigenvalue weighted by Crippen LogP contribution is -2.38. The van der Waals surface area contributed by atoms with E-state index in [2.05, 4.69) is 6.58 Å². The molecule has 0 aliphatic rings. The third-order valence-corrected chi connectivity index (χ3v) is 3.02. The van der Waals surface area contributed by atoms with Crippen LogP contribution in [-0.4, -0.2) is 26.2 Å². The number of hydrogen-bond acceptors (Lipinski definition) is 4. The summed E-state index contributed by atoms with van der Waals surface area (Å²) in [6.45, 7) is 5.43. The fourth-order valence-corrected chi connectivity index (χ4v) is 1.88. The van der Waals surface area contributed by atoms with Crippen LogP contribution in [0.5, 0.6) is 0 Å². The lowest BCUT2D eigenvalue weighted by molar-refractivity contribution is -0.167. The highest BCUT2D eigenvalue weighted by Gasteiger charge is 2.44. The molecule has 0 saturated carbocycles. The minimum atomic E-state index is -1.38. The van der Waals surface area contributed by atoms with Crippen molar-refractivity contribution < 1.29 is 19.1 Å². The van der Waals surface area contributed by atoms with Gasteiger partial charge in [-0.05, 0) is 24.5 Å². The molecule has 102 valence electrons. The van der Waals surface area contributed by atoms with Crippen LogP contribution in [0.15, 0.2) is 36.9 Å². The Hall–Kier alpha value is -2.10. The van der Waals surface area contributed by atoms with E-state index in [1.807, 2.05) is 30.3 Å². The molecule has 4 heteroatoms. The van der Waals surface area contributed by atoms with Crippen molar-refractivity contribution in [3.63, 3.8) is 0 Å². The smallest absolute Gasteiger partial charge is 0.323 e. The van der Waals surface area contributed by atoms with Crippen molar-refractivity contribution >= 4 is 17.5 Å². The maximum absolute atomic E-state index is 11.8. The first kappa shape index (κ1) is 15.0. The van der Waals surface area contributed by atoms with E-state index in [4.69, 9.17) is 9.47 Å². The molecule has 0 bridgehead atoms. The van der Waals surface area contributed by atoms with E-state index in [9.17, 15) is 9.59 Å². The highest BCUT2D eigenvalue weighted by Crippen LogP contribution is 2.32. The van der Waals surface area contributed by atoms with Crippen molar-refractivity contribution in [3.05, 3.63) is 42.5 Å². The lowest BCUT2D eigenvalue weighted by Gasteiger charge is -2.24. The molecule has 0 aromatic heterocycles. The monoisotopic (exact) mass is 262 g/mol. The molecule has 1 rings (SSSR count). The van der Waals surface area contributed by atoms with Gasteiger partial charge in [-0.1, -0.05) is 36.9 Å². The highest BCUT2D eigenvalue weighted by atomic mass is 16.5. The molecule has 4 nitrogen and oxygen atoms in total. The molecule has 19 heavy (non-hydrogen) atoms. The number of carbonyl (C=O) groups excluding carboxylic acids is 2. The van der Waals surface area contributed by atoms with Crippen LogP contribution in [0.3, 0.4) is 0 Å². The molecule has 0 radical (unpaired) electrons. The van der Waals surface area contributed by atoms with Gasteiger partial charge in [0.2, 0.25) is 0 Å². The number of ether oxygens (including phenoxy) is 2. The van der Waals surface area contributed by atoms with Gasteiger partial charge >= 0.3 is 11.9 Å². The van der Waals surface area contributed by atoms with Crippen LogP contribution in [0, 0.1) is 5.41 Å². The molecule has 0 atom stereocenters. The predicted molar refractivity (Wildman–Crippen MR) is 72.2 cm³/mol. The summed E-state index contributed by atoms with van der Waals surface area (Å²) >= 11 is 0. The first-order chi connectivity index (χ1) is 8.95. The molecular weight excluding hydrogens is 244 g/mol. The minimum Gasteiger partial charge on any atom is -0.468 e. The fourth-order valence-electron chi connectivity index (χ4n) is 1.88. The van der Waals surface area contributed by atoms with Crippen LogP contribution >= 0.6 is 0 Å². The zero-order valence-corrected chi connectivity index (χ0v) is 11.4. The second kappa shape index (κ2) is 6.18. The number of rotatable bonds is 5. The van der Waals surface area contributed by atoms with Crippen molar-refractivity contribution in [2.24, 2.45) is 5.41 Å². The van der Waals surface area contributed by atoms with Crippen LogP contribution < -0.4 is 0 Å². The number of hydrogen-bond donors (Lipinski definition) is 0. The SMILES string of the molecule is C=C(CC(C)(C(=O)OC)C(=O)OC)c1ccccc1. The van der Waals surface area contributed by atoms with Gasteiger partial charge in [-0.3, -0.25) is 9.59 Å². The van der Waals surface area contributed by atoms with Gasteiger partial charge in [-0.15, -0.1) is 0 Å². The molecular formula is C15H18O4. The molecule has 1 aromatic carbocycles. The maximum Gasteiger partial charge on any atom is 0.323 e. The summed E-state index contributed by atoms with van der Waals surface area (Å²) in [6, 6.07) is 9.37. The maximum atomic E-state index is 11.8. The number of allylic oxidation sites excluding steroid dienone is 1. The van der Waals surface area contributed by atoms with Gasteiger partial charge in [-0.2, -0.15) is 0 Å². The minimum absolute atomic E-state index is 0.149. The predicted octanol–water partition coefficient (Wildman–Crippen LogP) is 2.44. The van der Waals surface area contributed by atoms with E-state index in [0.717, 1.165) is 5.56 Å². The number of esters is 2. The quantitative estimate of drug-likeness (QED) is 0.604. The zero-order valence-electron chi connectivity index (χ0n) is 11.4.